The molecule has 5 heteroatoms. The Kier molecular flexibility index (Phi) is 1.85. The Hall–Kier alpha value is -1.36. The minimum atomic E-state index is -3.46. The molecular formula is C9H9NO3S. The number of rotatable bonds is 0. The Balaban J connectivity index is 2.65. The molecule has 0 bridgehead atoms. The van der Waals surface area contributed by atoms with Gasteiger partial charge in [0, 0.05) is 6.92 Å². The number of amides is 1. The van der Waals surface area contributed by atoms with Crippen LogP contribution in [0.25, 0.3) is 0 Å². The van der Waals surface area contributed by atoms with E-state index in [0.717, 1.165) is 4.31 Å². The second-order valence-electron chi connectivity index (χ2n) is 3.17. The van der Waals surface area contributed by atoms with Gasteiger partial charge in [-0.05, 0) is 11.6 Å². The summed E-state index contributed by atoms with van der Waals surface area (Å²) in [6, 6.07) is 6.84. The number of carbonyl (C=O) groups excluding carboxylic acids is 1. The van der Waals surface area contributed by atoms with Gasteiger partial charge in [0.05, 0.1) is 11.4 Å². The topological polar surface area (TPSA) is 54.5 Å². The van der Waals surface area contributed by atoms with E-state index in [1.807, 2.05) is 0 Å². The minimum Gasteiger partial charge on any atom is -0.274 e. The summed E-state index contributed by atoms with van der Waals surface area (Å²) in [6.07, 6.45) is 0. The summed E-state index contributed by atoms with van der Waals surface area (Å²) in [7, 11) is -3.46. The molecule has 1 aliphatic heterocycles. The molecule has 4 nitrogen and oxygen atoms in total. The zero-order valence-electron chi connectivity index (χ0n) is 7.60. The van der Waals surface area contributed by atoms with Gasteiger partial charge in [0.2, 0.25) is 15.9 Å². The molecule has 0 atom stereocenters. The lowest BCUT2D eigenvalue weighted by molar-refractivity contribution is -0.115. The van der Waals surface area contributed by atoms with E-state index in [0.29, 0.717) is 11.3 Å². The molecule has 0 aliphatic carbocycles. The molecule has 0 saturated carbocycles. The number of fused-ring (bicyclic) bond motifs is 1. The standard InChI is InChI=1S/C9H9NO3S/c1-7(11)10-9-5-3-2-4-8(9)6-14(10,12)13/h2-5H,6H2,1H3. The van der Waals surface area contributed by atoms with Gasteiger partial charge in [-0.1, -0.05) is 18.2 Å². The van der Waals surface area contributed by atoms with Gasteiger partial charge >= 0.3 is 0 Å². The Morgan fingerprint density at radius 3 is 2.64 bits per heavy atom. The van der Waals surface area contributed by atoms with Gasteiger partial charge < -0.3 is 0 Å². The van der Waals surface area contributed by atoms with E-state index in [2.05, 4.69) is 0 Å². The Labute approximate surface area is 82.2 Å². The normalized spacial score (nSPS) is 17.9. The number of carbonyl (C=O) groups is 1. The van der Waals surface area contributed by atoms with E-state index >= 15 is 0 Å². The molecule has 14 heavy (non-hydrogen) atoms. The third-order valence-electron chi connectivity index (χ3n) is 2.11. The van der Waals surface area contributed by atoms with Crippen LogP contribution in [0.2, 0.25) is 0 Å². The van der Waals surface area contributed by atoms with E-state index < -0.39 is 15.9 Å². The van der Waals surface area contributed by atoms with Crippen LogP contribution in [0, 0.1) is 0 Å². The molecule has 0 radical (unpaired) electrons. The SMILES string of the molecule is CC(=O)N1c2ccccc2CS1(=O)=O. The largest absolute Gasteiger partial charge is 0.274 e. The maximum absolute atomic E-state index is 11.6. The number of sulfonamides is 1. The fourth-order valence-corrected chi connectivity index (χ4v) is 3.24. The van der Waals surface area contributed by atoms with Crippen molar-refractivity contribution < 1.29 is 13.2 Å². The van der Waals surface area contributed by atoms with Crippen molar-refractivity contribution in [1.29, 1.82) is 0 Å². The maximum Gasteiger partial charge on any atom is 0.245 e. The number of hydrogen-bond acceptors (Lipinski definition) is 3. The van der Waals surface area contributed by atoms with Crippen LogP contribution in [0.4, 0.5) is 5.69 Å². The van der Waals surface area contributed by atoms with E-state index in [1.165, 1.54) is 6.92 Å². The smallest absolute Gasteiger partial charge is 0.245 e. The quantitative estimate of drug-likeness (QED) is 0.640. The molecule has 0 aromatic heterocycles. The fourth-order valence-electron chi connectivity index (χ4n) is 1.61. The first-order valence-electron chi connectivity index (χ1n) is 4.14. The highest BCUT2D eigenvalue weighted by Crippen LogP contribution is 2.32. The van der Waals surface area contributed by atoms with Crippen molar-refractivity contribution in [2.24, 2.45) is 0 Å². The van der Waals surface area contributed by atoms with Crippen LogP contribution >= 0.6 is 0 Å². The minimum absolute atomic E-state index is 0.0806. The van der Waals surface area contributed by atoms with Gasteiger partial charge in [-0.3, -0.25) is 4.79 Å². The van der Waals surface area contributed by atoms with Gasteiger partial charge in [-0.15, -0.1) is 0 Å². The summed E-state index contributed by atoms with van der Waals surface area (Å²) in [5.41, 5.74) is 1.17. The molecule has 1 aliphatic rings. The van der Waals surface area contributed by atoms with E-state index in [1.54, 1.807) is 24.3 Å². The summed E-state index contributed by atoms with van der Waals surface area (Å²) in [6.45, 7) is 1.25. The van der Waals surface area contributed by atoms with Crippen LogP contribution in [-0.2, 0) is 20.6 Å². The Morgan fingerprint density at radius 1 is 1.36 bits per heavy atom. The van der Waals surface area contributed by atoms with Crippen molar-refractivity contribution >= 4 is 21.6 Å². The zero-order chi connectivity index (χ0) is 10.3. The number of para-hydroxylation sites is 1. The third kappa shape index (κ3) is 1.21. The van der Waals surface area contributed by atoms with Crippen molar-refractivity contribution in [1.82, 2.24) is 0 Å². The Bertz CT molecular complexity index is 493. The van der Waals surface area contributed by atoms with Gasteiger partial charge in [0.15, 0.2) is 0 Å². The molecule has 74 valence electrons. The zero-order valence-corrected chi connectivity index (χ0v) is 8.41. The van der Waals surface area contributed by atoms with Crippen LogP contribution in [0.3, 0.4) is 0 Å². The summed E-state index contributed by atoms with van der Waals surface area (Å²) in [5, 5.41) is 0. The average Bonchev–Trinajstić information content (AvgIpc) is 2.33. The fraction of sp³-hybridized carbons (Fsp3) is 0.222. The molecule has 0 fully saturated rings. The first-order valence-corrected chi connectivity index (χ1v) is 5.75. The number of benzene rings is 1. The van der Waals surface area contributed by atoms with Crippen molar-refractivity contribution in [3.8, 4) is 0 Å². The monoisotopic (exact) mass is 211 g/mol. The second kappa shape index (κ2) is 2.81. The van der Waals surface area contributed by atoms with Crippen molar-refractivity contribution in [2.45, 2.75) is 12.7 Å². The van der Waals surface area contributed by atoms with Gasteiger partial charge in [-0.25, -0.2) is 12.7 Å². The van der Waals surface area contributed by atoms with E-state index in [-0.39, 0.29) is 5.75 Å². The predicted molar refractivity (Wildman–Crippen MR) is 52.2 cm³/mol. The molecule has 0 saturated heterocycles. The molecule has 2 rings (SSSR count). The van der Waals surface area contributed by atoms with E-state index in [9.17, 15) is 13.2 Å². The highest BCUT2D eigenvalue weighted by atomic mass is 32.2. The molecule has 1 aromatic rings. The number of hydrogen-bond donors (Lipinski definition) is 0. The predicted octanol–water partition coefficient (Wildman–Crippen LogP) is 0.883. The van der Waals surface area contributed by atoms with Crippen LogP contribution in [-0.4, -0.2) is 14.3 Å². The second-order valence-corrected chi connectivity index (χ2v) is 4.99. The van der Waals surface area contributed by atoms with Crippen LogP contribution in [0.5, 0.6) is 0 Å². The van der Waals surface area contributed by atoms with Crippen LogP contribution < -0.4 is 4.31 Å². The lowest BCUT2D eigenvalue weighted by atomic mass is 10.2. The van der Waals surface area contributed by atoms with Gasteiger partial charge in [-0.2, -0.15) is 0 Å². The van der Waals surface area contributed by atoms with Crippen molar-refractivity contribution in [2.75, 3.05) is 4.31 Å². The Morgan fingerprint density at radius 2 is 2.00 bits per heavy atom. The van der Waals surface area contributed by atoms with Crippen LogP contribution in [0.15, 0.2) is 24.3 Å². The molecule has 0 N–H and O–H groups in total. The van der Waals surface area contributed by atoms with Gasteiger partial charge in [0.25, 0.3) is 0 Å². The van der Waals surface area contributed by atoms with Crippen LogP contribution in [0.1, 0.15) is 12.5 Å². The molecular weight excluding hydrogens is 202 g/mol. The highest BCUT2D eigenvalue weighted by Gasteiger charge is 2.35. The van der Waals surface area contributed by atoms with Crippen molar-refractivity contribution in [3.63, 3.8) is 0 Å². The number of anilines is 1. The van der Waals surface area contributed by atoms with Crippen molar-refractivity contribution in [3.05, 3.63) is 29.8 Å². The molecule has 0 unspecified atom stereocenters. The van der Waals surface area contributed by atoms with Gasteiger partial charge in [0.1, 0.15) is 0 Å². The summed E-state index contributed by atoms with van der Waals surface area (Å²) in [4.78, 5) is 11.2. The first kappa shape index (κ1) is 9.21. The highest BCUT2D eigenvalue weighted by molar-refractivity contribution is 7.93. The summed E-state index contributed by atoms with van der Waals surface area (Å²) < 4.78 is 24.0. The molecule has 1 heterocycles. The lowest BCUT2D eigenvalue weighted by Crippen LogP contribution is -2.31. The molecule has 0 spiro atoms. The third-order valence-corrected chi connectivity index (χ3v) is 3.80. The maximum atomic E-state index is 11.6. The van der Waals surface area contributed by atoms with E-state index in [4.69, 9.17) is 0 Å². The number of nitrogens with zero attached hydrogens (tertiary/aromatic N) is 1. The average molecular weight is 211 g/mol. The lowest BCUT2D eigenvalue weighted by Gasteiger charge is -2.12. The first-order chi connectivity index (χ1) is 6.52. The molecule has 1 amide bonds. The summed E-state index contributed by atoms with van der Waals surface area (Å²) in [5.74, 6) is -0.544. The molecule has 1 aromatic carbocycles. The summed E-state index contributed by atoms with van der Waals surface area (Å²) >= 11 is 0.